The molecule has 2 N–H and O–H groups in total. The van der Waals surface area contributed by atoms with E-state index in [1.54, 1.807) is 24.3 Å². The van der Waals surface area contributed by atoms with E-state index in [9.17, 15) is 4.79 Å². The van der Waals surface area contributed by atoms with Crippen LogP contribution in [-0.2, 0) is 4.79 Å². The van der Waals surface area contributed by atoms with E-state index < -0.39 is 6.04 Å². The lowest BCUT2D eigenvalue weighted by molar-refractivity contribution is -0.121. The number of benzene rings is 1. The van der Waals surface area contributed by atoms with Gasteiger partial charge in [-0.25, -0.2) is 0 Å². The fourth-order valence-corrected chi connectivity index (χ4v) is 1.46. The summed E-state index contributed by atoms with van der Waals surface area (Å²) in [4.78, 5) is 11.3. The van der Waals surface area contributed by atoms with Crippen molar-refractivity contribution in [2.45, 2.75) is 19.4 Å². The highest BCUT2D eigenvalue weighted by atomic mass is 35.5. The second-order valence-corrected chi connectivity index (χ2v) is 3.93. The third kappa shape index (κ3) is 4.75. The van der Waals surface area contributed by atoms with Crippen LogP contribution in [0.3, 0.4) is 0 Å². The van der Waals surface area contributed by atoms with Crippen LogP contribution in [0.15, 0.2) is 24.3 Å². The summed E-state index contributed by atoms with van der Waals surface area (Å²) in [6.07, 6.45) is 0.132. The summed E-state index contributed by atoms with van der Waals surface area (Å²) in [6.45, 7) is 2.41. The zero-order valence-electron chi connectivity index (χ0n) is 9.53. The summed E-state index contributed by atoms with van der Waals surface area (Å²) < 4.78 is 0. The molecule has 1 amide bonds. The van der Waals surface area contributed by atoms with Crippen LogP contribution in [0.1, 0.15) is 13.3 Å². The molecule has 0 saturated carbocycles. The summed E-state index contributed by atoms with van der Waals surface area (Å²) >= 11 is 5.75. The average Bonchev–Trinajstić information content (AvgIpc) is 2.31. The van der Waals surface area contributed by atoms with Gasteiger partial charge in [0, 0.05) is 17.3 Å². The first-order valence-electron chi connectivity index (χ1n) is 5.34. The van der Waals surface area contributed by atoms with E-state index in [-0.39, 0.29) is 12.3 Å². The molecule has 1 rings (SSSR count). The predicted molar refractivity (Wildman–Crippen MR) is 67.8 cm³/mol. The van der Waals surface area contributed by atoms with Crippen molar-refractivity contribution in [2.24, 2.45) is 0 Å². The number of anilines is 1. The fraction of sp³-hybridized carbons (Fsp3) is 0.333. The Hall–Kier alpha value is -1.73. The minimum Gasteiger partial charge on any atom is -0.369 e. The lowest BCUT2D eigenvalue weighted by Crippen LogP contribution is -2.30. The van der Waals surface area contributed by atoms with E-state index in [2.05, 4.69) is 10.6 Å². The number of rotatable bonds is 5. The molecule has 17 heavy (non-hydrogen) atoms. The molecule has 0 aliphatic heterocycles. The minimum absolute atomic E-state index is 0.132. The average molecular weight is 252 g/mol. The second kappa shape index (κ2) is 6.77. The highest BCUT2D eigenvalue weighted by Gasteiger charge is 2.12. The van der Waals surface area contributed by atoms with Crippen molar-refractivity contribution in [3.63, 3.8) is 0 Å². The smallest absolute Gasteiger partial charge is 0.223 e. The number of nitrogens with zero attached hydrogens (tertiary/aromatic N) is 1. The van der Waals surface area contributed by atoms with E-state index in [1.165, 1.54) is 0 Å². The molecule has 1 aromatic rings. The topological polar surface area (TPSA) is 64.9 Å². The number of hydrogen-bond donors (Lipinski definition) is 2. The Morgan fingerprint density at radius 2 is 2.12 bits per heavy atom. The lowest BCUT2D eigenvalue weighted by Gasteiger charge is -2.12. The molecule has 0 aromatic heterocycles. The number of halogens is 1. The van der Waals surface area contributed by atoms with Gasteiger partial charge in [0.05, 0.1) is 12.5 Å². The summed E-state index contributed by atoms with van der Waals surface area (Å²) in [7, 11) is 0. The van der Waals surface area contributed by atoms with E-state index >= 15 is 0 Å². The zero-order valence-corrected chi connectivity index (χ0v) is 10.3. The second-order valence-electron chi connectivity index (χ2n) is 3.49. The molecule has 90 valence electrons. The van der Waals surface area contributed by atoms with Crippen molar-refractivity contribution >= 4 is 23.2 Å². The number of nitriles is 1. The SMILES string of the molecule is CCNC(=O)CC(C#N)Nc1ccc(Cl)cc1. The van der Waals surface area contributed by atoms with Crippen molar-refractivity contribution < 1.29 is 4.79 Å². The number of carbonyl (C=O) groups excluding carboxylic acids is 1. The molecule has 0 aliphatic carbocycles. The van der Waals surface area contributed by atoms with Gasteiger partial charge in [-0.2, -0.15) is 5.26 Å². The van der Waals surface area contributed by atoms with Gasteiger partial charge in [-0.15, -0.1) is 0 Å². The van der Waals surface area contributed by atoms with Crippen LogP contribution in [0.5, 0.6) is 0 Å². The van der Waals surface area contributed by atoms with Gasteiger partial charge in [0.25, 0.3) is 0 Å². The molecule has 0 fully saturated rings. The Morgan fingerprint density at radius 3 is 2.65 bits per heavy atom. The monoisotopic (exact) mass is 251 g/mol. The van der Waals surface area contributed by atoms with Crippen molar-refractivity contribution in [3.8, 4) is 6.07 Å². The first kappa shape index (κ1) is 13.3. The van der Waals surface area contributed by atoms with Gasteiger partial charge in [0.2, 0.25) is 5.91 Å². The van der Waals surface area contributed by atoms with Crippen LogP contribution in [0, 0.1) is 11.3 Å². The van der Waals surface area contributed by atoms with E-state index in [1.807, 2.05) is 13.0 Å². The number of amides is 1. The minimum atomic E-state index is -0.539. The molecule has 5 heteroatoms. The highest BCUT2D eigenvalue weighted by Crippen LogP contribution is 2.14. The lowest BCUT2D eigenvalue weighted by atomic mass is 10.2. The third-order valence-corrected chi connectivity index (χ3v) is 2.36. The molecule has 0 bridgehead atoms. The van der Waals surface area contributed by atoms with Crippen LogP contribution in [0.2, 0.25) is 5.02 Å². The largest absolute Gasteiger partial charge is 0.369 e. The van der Waals surface area contributed by atoms with Crippen molar-refractivity contribution in [2.75, 3.05) is 11.9 Å². The number of carbonyl (C=O) groups is 1. The van der Waals surface area contributed by atoms with Gasteiger partial charge >= 0.3 is 0 Å². The molecule has 1 aromatic carbocycles. The van der Waals surface area contributed by atoms with Gasteiger partial charge in [0.15, 0.2) is 0 Å². The highest BCUT2D eigenvalue weighted by molar-refractivity contribution is 6.30. The van der Waals surface area contributed by atoms with Crippen LogP contribution in [-0.4, -0.2) is 18.5 Å². The van der Waals surface area contributed by atoms with Crippen LogP contribution >= 0.6 is 11.6 Å². The van der Waals surface area contributed by atoms with Crippen LogP contribution in [0.4, 0.5) is 5.69 Å². The standard InChI is InChI=1S/C12H14ClN3O/c1-2-15-12(17)7-11(8-14)16-10-5-3-9(13)4-6-10/h3-6,11,16H,2,7H2,1H3,(H,15,17). The Bertz CT molecular complexity index is 411. The molecular formula is C12H14ClN3O. The maximum absolute atomic E-state index is 11.3. The van der Waals surface area contributed by atoms with Gasteiger partial charge in [-0.1, -0.05) is 11.6 Å². The quantitative estimate of drug-likeness (QED) is 0.843. The number of nitrogens with one attached hydrogen (secondary N) is 2. The fourth-order valence-electron chi connectivity index (χ4n) is 1.33. The zero-order chi connectivity index (χ0) is 12.7. The van der Waals surface area contributed by atoms with Crippen molar-refractivity contribution in [1.29, 1.82) is 5.26 Å². The summed E-state index contributed by atoms with van der Waals surface area (Å²) in [5.74, 6) is -0.138. The summed E-state index contributed by atoms with van der Waals surface area (Å²) in [6, 6.07) is 8.50. The molecule has 1 unspecified atom stereocenters. The summed E-state index contributed by atoms with van der Waals surface area (Å²) in [5.41, 5.74) is 0.769. The van der Waals surface area contributed by atoms with E-state index in [0.717, 1.165) is 5.69 Å². The van der Waals surface area contributed by atoms with Gasteiger partial charge in [-0.3, -0.25) is 4.79 Å². The predicted octanol–water partition coefficient (Wildman–Crippen LogP) is 2.17. The molecule has 0 radical (unpaired) electrons. The van der Waals surface area contributed by atoms with Gasteiger partial charge < -0.3 is 10.6 Å². The number of hydrogen-bond acceptors (Lipinski definition) is 3. The molecule has 0 aliphatic rings. The molecule has 0 heterocycles. The normalized spacial score (nSPS) is 11.4. The molecule has 1 atom stereocenters. The molecule has 0 saturated heterocycles. The Morgan fingerprint density at radius 1 is 1.47 bits per heavy atom. The molecule has 4 nitrogen and oxygen atoms in total. The van der Waals surface area contributed by atoms with E-state index in [4.69, 9.17) is 16.9 Å². The van der Waals surface area contributed by atoms with Gasteiger partial charge in [-0.05, 0) is 31.2 Å². The first-order valence-corrected chi connectivity index (χ1v) is 5.72. The molecular weight excluding hydrogens is 238 g/mol. The van der Waals surface area contributed by atoms with Crippen LogP contribution in [0.25, 0.3) is 0 Å². The van der Waals surface area contributed by atoms with Crippen molar-refractivity contribution in [1.82, 2.24) is 5.32 Å². The summed E-state index contributed by atoms with van der Waals surface area (Å²) in [5, 5.41) is 15.2. The Balaban J connectivity index is 2.55. The van der Waals surface area contributed by atoms with E-state index in [0.29, 0.717) is 11.6 Å². The first-order chi connectivity index (χ1) is 8.15. The Labute approximate surface area is 106 Å². The molecule has 0 spiro atoms. The van der Waals surface area contributed by atoms with Gasteiger partial charge in [0.1, 0.15) is 6.04 Å². The third-order valence-electron chi connectivity index (χ3n) is 2.10. The van der Waals surface area contributed by atoms with Crippen LogP contribution < -0.4 is 10.6 Å². The Kier molecular flexibility index (Phi) is 5.31. The van der Waals surface area contributed by atoms with Crippen molar-refractivity contribution in [3.05, 3.63) is 29.3 Å². The maximum atomic E-state index is 11.3. The maximum Gasteiger partial charge on any atom is 0.223 e.